The Morgan fingerprint density at radius 2 is 2.22 bits per heavy atom. The zero-order valence-electron chi connectivity index (χ0n) is 10.4. The molecule has 1 heterocycles. The molecule has 5 nitrogen and oxygen atoms in total. The molecule has 0 aliphatic heterocycles. The van der Waals surface area contributed by atoms with E-state index in [0.29, 0.717) is 23.0 Å². The molecule has 0 unspecified atom stereocenters. The minimum atomic E-state index is -0.168. The fourth-order valence-electron chi connectivity index (χ4n) is 2.15. The van der Waals surface area contributed by atoms with Gasteiger partial charge in [0.25, 0.3) is 5.91 Å². The normalized spacial score (nSPS) is 22.1. The lowest BCUT2D eigenvalue weighted by Gasteiger charge is -2.04. The SMILES string of the molecule is C[C@H]1C[C@H]1NC(=O)c1ccc2c(c1)[nH]c(=O)n2C. The van der Waals surface area contributed by atoms with Crippen LogP contribution in [0, 0.1) is 5.92 Å². The van der Waals surface area contributed by atoms with E-state index in [9.17, 15) is 9.59 Å². The van der Waals surface area contributed by atoms with Crippen LogP contribution >= 0.6 is 0 Å². The maximum atomic E-state index is 12.0. The number of hydrogen-bond acceptors (Lipinski definition) is 2. The van der Waals surface area contributed by atoms with Crippen molar-refractivity contribution in [3.8, 4) is 0 Å². The molecule has 0 spiro atoms. The van der Waals surface area contributed by atoms with Crippen LogP contribution in [-0.4, -0.2) is 21.5 Å². The van der Waals surface area contributed by atoms with Gasteiger partial charge in [-0.05, 0) is 30.5 Å². The second-order valence-corrected chi connectivity index (χ2v) is 5.01. The zero-order valence-corrected chi connectivity index (χ0v) is 10.4. The molecule has 94 valence electrons. The van der Waals surface area contributed by atoms with Crippen molar-refractivity contribution < 1.29 is 4.79 Å². The molecule has 1 fully saturated rings. The van der Waals surface area contributed by atoms with Crippen LogP contribution in [0.4, 0.5) is 0 Å². The van der Waals surface area contributed by atoms with Gasteiger partial charge in [0.05, 0.1) is 11.0 Å². The standard InChI is InChI=1S/C13H15N3O2/c1-7-5-9(7)14-12(17)8-3-4-11-10(6-8)15-13(18)16(11)2/h3-4,6-7,9H,5H2,1-2H3,(H,14,17)(H,15,18)/t7-,9+/m0/s1. The first kappa shape index (κ1) is 11.1. The Balaban J connectivity index is 1.93. The number of nitrogens with one attached hydrogen (secondary N) is 2. The number of carbonyl (C=O) groups is 1. The highest BCUT2D eigenvalue weighted by Gasteiger charge is 2.33. The predicted molar refractivity (Wildman–Crippen MR) is 68.6 cm³/mol. The van der Waals surface area contributed by atoms with Crippen molar-refractivity contribution in [2.75, 3.05) is 0 Å². The minimum Gasteiger partial charge on any atom is -0.349 e. The van der Waals surface area contributed by atoms with Crippen LogP contribution in [-0.2, 0) is 7.05 Å². The average Bonchev–Trinajstić information content (AvgIpc) is 2.95. The van der Waals surface area contributed by atoms with Crippen molar-refractivity contribution in [1.29, 1.82) is 0 Å². The van der Waals surface area contributed by atoms with Gasteiger partial charge in [0.15, 0.2) is 0 Å². The van der Waals surface area contributed by atoms with Gasteiger partial charge in [-0.3, -0.25) is 9.36 Å². The number of aryl methyl sites for hydroxylation is 1. The lowest BCUT2D eigenvalue weighted by atomic mass is 10.2. The van der Waals surface area contributed by atoms with Crippen molar-refractivity contribution in [3.05, 3.63) is 34.2 Å². The van der Waals surface area contributed by atoms with E-state index in [0.717, 1.165) is 11.9 Å². The third-order valence-electron chi connectivity index (χ3n) is 3.59. The summed E-state index contributed by atoms with van der Waals surface area (Å²) in [7, 11) is 1.70. The summed E-state index contributed by atoms with van der Waals surface area (Å²) in [5.41, 5.74) is 1.91. The highest BCUT2D eigenvalue weighted by molar-refractivity contribution is 5.97. The predicted octanol–water partition coefficient (Wildman–Crippen LogP) is 1.00. The van der Waals surface area contributed by atoms with Crippen LogP contribution < -0.4 is 11.0 Å². The highest BCUT2D eigenvalue weighted by Crippen LogP contribution is 2.29. The molecule has 2 atom stereocenters. The molecule has 18 heavy (non-hydrogen) atoms. The van der Waals surface area contributed by atoms with Crippen molar-refractivity contribution in [3.63, 3.8) is 0 Å². The van der Waals surface area contributed by atoms with Gasteiger partial charge in [-0.1, -0.05) is 6.92 Å². The van der Waals surface area contributed by atoms with E-state index in [-0.39, 0.29) is 11.6 Å². The van der Waals surface area contributed by atoms with Gasteiger partial charge >= 0.3 is 5.69 Å². The quantitative estimate of drug-likeness (QED) is 0.829. The Labute approximate surface area is 104 Å². The van der Waals surface area contributed by atoms with Gasteiger partial charge in [-0.15, -0.1) is 0 Å². The number of carbonyl (C=O) groups excluding carboxylic acids is 1. The monoisotopic (exact) mass is 245 g/mol. The first-order valence-corrected chi connectivity index (χ1v) is 6.06. The lowest BCUT2D eigenvalue weighted by molar-refractivity contribution is 0.0949. The molecule has 0 bridgehead atoms. The molecule has 1 saturated carbocycles. The Morgan fingerprint density at radius 3 is 2.89 bits per heavy atom. The number of fused-ring (bicyclic) bond motifs is 1. The van der Waals surface area contributed by atoms with Crippen LogP contribution in [0.25, 0.3) is 11.0 Å². The third kappa shape index (κ3) is 1.72. The number of amides is 1. The largest absolute Gasteiger partial charge is 0.349 e. The van der Waals surface area contributed by atoms with Crippen molar-refractivity contribution in [2.45, 2.75) is 19.4 Å². The molecular formula is C13H15N3O2. The average molecular weight is 245 g/mol. The first-order chi connectivity index (χ1) is 8.56. The summed E-state index contributed by atoms with van der Waals surface area (Å²) in [6.07, 6.45) is 1.05. The molecular weight excluding hydrogens is 230 g/mol. The van der Waals surface area contributed by atoms with Crippen LogP contribution in [0.2, 0.25) is 0 Å². The fraction of sp³-hybridized carbons (Fsp3) is 0.385. The second-order valence-electron chi connectivity index (χ2n) is 5.01. The number of hydrogen-bond donors (Lipinski definition) is 2. The van der Waals surface area contributed by atoms with Crippen LogP contribution in [0.15, 0.2) is 23.0 Å². The van der Waals surface area contributed by atoms with Crippen LogP contribution in [0.1, 0.15) is 23.7 Å². The molecule has 1 aliphatic carbocycles. The third-order valence-corrected chi connectivity index (χ3v) is 3.59. The van der Waals surface area contributed by atoms with Gasteiger partial charge in [-0.25, -0.2) is 4.79 Å². The van der Waals surface area contributed by atoms with Gasteiger partial charge in [0.1, 0.15) is 0 Å². The number of aromatic amines is 1. The highest BCUT2D eigenvalue weighted by atomic mass is 16.2. The van der Waals surface area contributed by atoms with Crippen molar-refractivity contribution >= 4 is 16.9 Å². The van der Waals surface area contributed by atoms with Gasteiger partial charge < -0.3 is 10.3 Å². The molecule has 1 amide bonds. The summed E-state index contributed by atoms with van der Waals surface area (Å²) in [6, 6.07) is 5.57. The Morgan fingerprint density at radius 1 is 1.50 bits per heavy atom. The van der Waals surface area contributed by atoms with Crippen molar-refractivity contribution in [2.24, 2.45) is 13.0 Å². The number of nitrogens with zero attached hydrogens (tertiary/aromatic N) is 1. The number of benzene rings is 1. The van der Waals surface area contributed by atoms with E-state index in [1.54, 1.807) is 25.2 Å². The summed E-state index contributed by atoms with van der Waals surface area (Å²) in [4.78, 5) is 26.2. The molecule has 1 aliphatic rings. The summed E-state index contributed by atoms with van der Waals surface area (Å²) >= 11 is 0. The summed E-state index contributed by atoms with van der Waals surface area (Å²) in [6.45, 7) is 2.11. The smallest absolute Gasteiger partial charge is 0.326 e. The lowest BCUT2D eigenvalue weighted by Crippen LogP contribution is -2.26. The molecule has 3 rings (SSSR count). The second kappa shape index (κ2) is 3.73. The molecule has 0 radical (unpaired) electrons. The molecule has 5 heteroatoms. The Hall–Kier alpha value is -2.04. The van der Waals surface area contributed by atoms with E-state index < -0.39 is 0 Å². The zero-order chi connectivity index (χ0) is 12.9. The van der Waals surface area contributed by atoms with E-state index in [1.807, 2.05) is 0 Å². The Kier molecular flexibility index (Phi) is 2.29. The van der Waals surface area contributed by atoms with E-state index in [1.165, 1.54) is 4.57 Å². The molecule has 0 saturated heterocycles. The van der Waals surface area contributed by atoms with E-state index in [2.05, 4.69) is 17.2 Å². The molecule has 2 aromatic rings. The topological polar surface area (TPSA) is 66.9 Å². The van der Waals surface area contributed by atoms with Gasteiger partial charge in [0.2, 0.25) is 0 Å². The van der Waals surface area contributed by atoms with E-state index in [4.69, 9.17) is 0 Å². The molecule has 2 N–H and O–H groups in total. The fourth-order valence-corrected chi connectivity index (χ4v) is 2.15. The first-order valence-electron chi connectivity index (χ1n) is 6.06. The number of aromatic nitrogens is 2. The maximum absolute atomic E-state index is 12.0. The van der Waals surface area contributed by atoms with Gasteiger partial charge in [0, 0.05) is 18.7 Å². The Bertz CT molecular complexity index is 683. The van der Waals surface area contributed by atoms with Crippen LogP contribution in [0.5, 0.6) is 0 Å². The summed E-state index contributed by atoms with van der Waals surface area (Å²) < 4.78 is 1.53. The molecule has 1 aromatic heterocycles. The van der Waals surface area contributed by atoms with Crippen molar-refractivity contribution in [1.82, 2.24) is 14.9 Å². The van der Waals surface area contributed by atoms with Gasteiger partial charge in [-0.2, -0.15) is 0 Å². The van der Waals surface area contributed by atoms with E-state index >= 15 is 0 Å². The number of H-pyrrole nitrogens is 1. The summed E-state index contributed by atoms with van der Waals surface area (Å²) in [5, 5.41) is 2.97. The summed E-state index contributed by atoms with van der Waals surface area (Å²) in [5.74, 6) is 0.505. The number of imidazole rings is 1. The number of rotatable bonds is 2. The maximum Gasteiger partial charge on any atom is 0.326 e. The molecule has 1 aromatic carbocycles. The minimum absolute atomic E-state index is 0.0732. The van der Waals surface area contributed by atoms with Crippen LogP contribution in [0.3, 0.4) is 0 Å².